The Kier molecular flexibility index (Phi) is 6.22. The topological polar surface area (TPSA) is 30.5 Å². The largest absolute Gasteiger partial charge is 0.353 e. The Hall–Kier alpha value is -0.120. The van der Waals surface area contributed by atoms with E-state index in [2.05, 4.69) is 12.2 Å². The Bertz CT molecular complexity index is 152. The van der Waals surface area contributed by atoms with E-state index in [-0.39, 0.29) is 6.29 Å². The maximum atomic E-state index is 5.65. The summed E-state index contributed by atoms with van der Waals surface area (Å²) in [5.74, 6) is 1.25. The smallest absolute Gasteiger partial charge is 0.160 e. The van der Waals surface area contributed by atoms with E-state index in [1.807, 2.05) is 13.8 Å². The van der Waals surface area contributed by atoms with E-state index in [1.54, 1.807) is 0 Å². The van der Waals surface area contributed by atoms with Crippen LogP contribution in [-0.2, 0) is 9.47 Å². The fourth-order valence-corrected chi connectivity index (χ4v) is 2.27. The molecule has 90 valence electrons. The molecule has 1 heterocycles. The van der Waals surface area contributed by atoms with Gasteiger partial charge in [-0.15, -0.1) is 0 Å². The highest BCUT2D eigenvalue weighted by atomic mass is 16.7. The first kappa shape index (κ1) is 12.9. The Labute approximate surface area is 93.5 Å². The van der Waals surface area contributed by atoms with Gasteiger partial charge in [0, 0.05) is 19.1 Å². The lowest BCUT2D eigenvalue weighted by Gasteiger charge is -2.33. The molecule has 3 heteroatoms. The fourth-order valence-electron chi connectivity index (χ4n) is 2.27. The first-order chi connectivity index (χ1) is 7.29. The van der Waals surface area contributed by atoms with Gasteiger partial charge < -0.3 is 14.8 Å². The van der Waals surface area contributed by atoms with E-state index >= 15 is 0 Å². The summed E-state index contributed by atoms with van der Waals surface area (Å²) in [7, 11) is 0. The lowest BCUT2D eigenvalue weighted by Crippen LogP contribution is -2.37. The zero-order valence-corrected chi connectivity index (χ0v) is 10.3. The van der Waals surface area contributed by atoms with Crippen LogP contribution in [0.25, 0.3) is 0 Å². The van der Waals surface area contributed by atoms with E-state index in [4.69, 9.17) is 9.47 Å². The molecule has 3 nitrogen and oxygen atoms in total. The lowest BCUT2D eigenvalue weighted by molar-refractivity contribution is -0.175. The highest BCUT2D eigenvalue weighted by molar-refractivity contribution is 4.75. The first-order valence-electron chi connectivity index (χ1n) is 6.23. The first-order valence-corrected chi connectivity index (χ1v) is 6.23. The Morgan fingerprint density at radius 3 is 2.13 bits per heavy atom. The molecule has 1 rings (SSSR count). The number of hydrogen-bond acceptors (Lipinski definition) is 3. The van der Waals surface area contributed by atoms with Crippen LogP contribution in [0.5, 0.6) is 0 Å². The Morgan fingerprint density at radius 2 is 1.67 bits per heavy atom. The number of ether oxygens (including phenoxy) is 2. The molecule has 0 aromatic rings. The molecule has 1 fully saturated rings. The van der Waals surface area contributed by atoms with Crippen molar-refractivity contribution < 1.29 is 9.47 Å². The predicted octanol–water partition coefficient (Wildman–Crippen LogP) is 2.02. The number of hydrogen-bond donors (Lipinski definition) is 1. The van der Waals surface area contributed by atoms with Crippen molar-refractivity contribution in [1.82, 2.24) is 5.32 Å². The second-order valence-electron chi connectivity index (χ2n) is 4.23. The number of rotatable bonds is 6. The molecule has 1 aliphatic rings. The SMILES string of the molecule is CCOC(OCC)C(C)C1CCNCC1. The number of piperidine rings is 1. The van der Waals surface area contributed by atoms with Crippen LogP contribution in [0.3, 0.4) is 0 Å². The summed E-state index contributed by atoms with van der Waals surface area (Å²) < 4.78 is 11.3. The van der Waals surface area contributed by atoms with E-state index < -0.39 is 0 Å². The predicted molar refractivity (Wildman–Crippen MR) is 61.8 cm³/mol. The van der Waals surface area contributed by atoms with Crippen LogP contribution < -0.4 is 5.32 Å². The van der Waals surface area contributed by atoms with Gasteiger partial charge in [0.1, 0.15) is 0 Å². The summed E-state index contributed by atoms with van der Waals surface area (Å²) in [4.78, 5) is 0. The molecule has 0 bridgehead atoms. The summed E-state index contributed by atoms with van der Waals surface area (Å²) in [6, 6.07) is 0. The number of nitrogens with one attached hydrogen (secondary N) is 1. The van der Waals surface area contributed by atoms with Gasteiger partial charge in [0.15, 0.2) is 6.29 Å². The summed E-state index contributed by atoms with van der Waals surface area (Å²) in [5.41, 5.74) is 0. The third kappa shape index (κ3) is 4.09. The fraction of sp³-hybridized carbons (Fsp3) is 1.00. The molecular weight excluding hydrogens is 190 g/mol. The molecule has 0 radical (unpaired) electrons. The lowest BCUT2D eigenvalue weighted by atomic mass is 9.85. The van der Waals surface area contributed by atoms with Gasteiger partial charge in [0.25, 0.3) is 0 Å². The zero-order chi connectivity index (χ0) is 11.1. The van der Waals surface area contributed by atoms with Gasteiger partial charge in [0.05, 0.1) is 0 Å². The van der Waals surface area contributed by atoms with Crippen LogP contribution in [0.15, 0.2) is 0 Å². The van der Waals surface area contributed by atoms with E-state index in [9.17, 15) is 0 Å². The van der Waals surface area contributed by atoms with Gasteiger partial charge in [0.2, 0.25) is 0 Å². The zero-order valence-electron chi connectivity index (χ0n) is 10.3. The van der Waals surface area contributed by atoms with Crippen LogP contribution in [0.4, 0.5) is 0 Å². The summed E-state index contributed by atoms with van der Waals surface area (Å²) in [6.07, 6.45) is 2.48. The maximum Gasteiger partial charge on any atom is 0.160 e. The van der Waals surface area contributed by atoms with Crippen LogP contribution in [0.1, 0.15) is 33.6 Å². The molecule has 0 aromatic heterocycles. The van der Waals surface area contributed by atoms with E-state index in [0.717, 1.165) is 32.2 Å². The van der Waals surface area contributed by atoms with Gasteiger partial charge in [-0.05, 0) is 45.7 Å². The van der Waals surface area contributed by atoms with Crippen molar-refractivity contribution >= 4 is 0 Å². The standard InChI is InChI=1S/C12H25NO2/c1-4-14-12(15-5-2)10(3)11-6-8-13-9-7-11/h10-13H,4-9H2,1-3H3. The molecule has 0 spiro atoms. The van der Waals surface area contributed by atoms with Crippen LogP contribution in [-0.4, -0.2) is 32.6 Å². The normalized spacial score (nSPS) is 20.8. The molecular formula is C12H25NO2. The molecule has 0 saturated carbocycles. The molecule has 1 saturated heterocycles. The van der Waals surface area contributed by atoms with Gasteiger partial charge in [-0.2, -0.15) is 0 Å². The minimum Gasteiger partial charge on any atom is -0.353 e. The molecule has 1 atom stereocenters. The molecule has 0 amide bonds. The van der Waals surface area contributed by atoms with Gasteiger partial charge in [-0.3, -0.25) is 0 Å². The third-order valence-electron chi connectivity index (χ3n) is 3.22. The Balaban J connectivity index is 2.41. The van der Waals surface area contributed by atoms with E-state index in [1.165, 1.54) is 12.8 Å². The van der Waals surface area contributed by atoms with Crippen LogP contribution >= 0.6 is 0 Å². The minimum absolute atomic E-state index is 0.0110. The van der Waals surface area contributed by atoms with Crippen LogP contribution in [0.2, 0.25) is 0 Å². The average Bonchev–Trinajstić information content (AvgIpc) is 2.29. The quantitative estimate of drug-likeness (QED) is 0.688. The average molecular weight is 215 g/mol. The van der Waals surface area contributed by atoms with E-state index in [0.29, 0.717) is 5.92 Å². The van der Waals surface area contributed by atoms with Gasteiger partial charge in [-0.1, -0.05) is 6.92 Å². The third-order valence-corrected chi connectivity index (χ3v) is 3.22. The van der Waals surface area contributed by atoms with Crippen molar-refractivity contribution in [2.45, 2.75) is 39.9 Å². The molecule has 0 aromatic carbocycles. The second-order valence-corrected chi connectivity index (χ2v) is 4.23. The van der Waals surface area contributed by atoms with Crippen molar-refractivity contribution in [2.24, 2.45) is 11.8 Å². The molecule has 1 unspecified atom stereocenters. The highest BCUT2D eigenvalue weighted by Crippen LogP contribution is 2.26. The van der Waals surface area contributed by atoms with Crippen molar-refractivity contribution in [3.8, 4) is 0 Å². The minimum atomic E-state index is -0.0110. The summed E-state index contributed by atoms with van der Waals surface area (Å²) in [5, 5.41) is 3.39. The van der Waals surface area contributed by atoms with Crippen molar-refractivity contribution in [1.29, 1.82) is 0 Å². The molecule has 1 aliphatic heterocycles. The summed E-state index contributed by atoms with van der Waals surface area (Å²) >= 11 is 0. The molecule has 15 heavy (non-hydrogen) atoms. The highest BCUT2D eigenvalue weighted by Gasteiger charge is 2.27. The van der Waals surface area contributed by atoms with Crippen molar-refractivity contribution in [3.05, 3.63) is 0 Å². The summed E-state index contributed by atoms with van der Waals surface area (Å²) in [6.45, 7) is 10.1. The van der Waals surface area contributed by atoms with Crippen molar-refractivity contribution in [2.75, 3.05) is 26.3 Å². The maximum absolute atomic E-state index is 5.65. The van der Waals surface area contributed by atoms with Gasteiger partial charge >= 0.3 is 0 Å². The van der Waals surface area contributed by atoms with Gasteiger partial charge in [-0.25, -0.2) is 0 Å². The van der Waals surface area contributed by atoms with Crippen LogP contribution in [0, 0.1) is 11.8 Å². The molecule has 1 N–H and O–H groups in total. The molecule has 0 aliphatic carbocycles. The monoisotopic (exact) mass is 215 g/mol. The Morgan fingerprint density at radius 1 is 1.13 bits per heavy atom. The van der Waals surface area contributed by atoms with Crippen molar-refractivity contribution in [3.63, 3.8) is 0 Å². The second kappa shape index (κ2) is 7.20.